The van der Waals surface area contributed by atoms with Crippen molar-refractivity contribution in [2.24, 2.45) is 0 Å². The summed E-state index contributed by atoms with van der Waals surface area (Å²) in [5.74, 6) is 0. The van der Waals surface area contributed by atoms with Crippen LogP contribution in [0.25, 0.3) is 21.8 Å². The molecule has 0 saturated carbocycles. The van der Waals surface area contributed by atoms with E-state index in [4.69, 9.17) is 5.73 Å². The highest BCUT2D eigenvalue weighted by molar-refractivity contribution is 6.03. The minimum Gasteiger partial charge on any atom is -1.00 e. The Labute approximate surface area is 110 Å². The van der Waals surface area contributed by atoms with E-state index in [1.54, 1.807) is 0 Å². The zero-order chi connectivity index (χ0) is 10.3. The Kier molecular flexibility index (Phi) is 5.52. The number of anilines is 1. The first-order valence-corrected chi connectivity index (χ1v) is 4.94. The molecule has 0 bridgehead atoms. The Bertz CT molecular complexity index is 605. The van der Waals surface area contributed by atoms with Crippen molar-refractivity contribution >= 4 is 27.5 Å². The fraction of sp³-hybridized carbons (Fsp3) is 0. The topological polar surface area (TPSA) is 103 Å². The first-order valence-electron chi connectivity index (χ1n) is 4.94. The summed E-state index contributed by atoms with van der Waals surface area (Å²) in [6.07, 6.45) is 0. The second kappa shape index (κ2) is 6.16. The number of pyridine rings is 1. The molecular weight excluding hydrogens is 252 g/mol. The molecule has 0 atom stereocenters. The van der Waals surface area contributed by atoms with Crippen LogP contribution in [0.2, 0.25) is 0 Å². The highest BCUT2D eigenvalue weighted by atomic mass is 35.5. The summed E-state index contributed by atoms with van der Waals surface area (Å²) >= 11 is 0. The number of nitrogens with two attached hydrogens (primary N) is 1. The molecule has 96 valence electrons. The number of H-pyrrole nitrogens is 1. The third kappa shape index (κ3) is 2.36. The molecule has 18 heavy (non-hydrogen) atoms. The number of hydrogen-bond donors (Lipinski definition) is 1. The second-order valence-corrected chi connectivity index (χ2v) is 3.63. The van der Waals surface area contributed by atoms with Crippen LogP contribution in [0.5, 0.6) is 0 Å². The molecule has 0 aliphatic heterocycles. The maximum absolute atomic E-state index is 6.13. The molecular formula is C13H15ClN2O2. The van der Waals surface area contributed by atoms with Gasteiger partial charge < -0.3 is 29.1 Å². The number of aromatic amines is 1. The average Bonchev–Trinajstić information content (AvgIpc) is 2.30. The first kappa shape index (κ1) is 16.1. The van der Waals surface area contributed by atoms with Crippen LogP contribution in [0.4, 0.5) is 5.69 Å². The van der Waals surface area contributed by atoms with E-state index in [1.165, 1.54) is 0 Å². The van der Waals surface area contributed by atoms with E-state index in [9.17, 15) is 0 Å². The first-order chi connectivity index (χ1) is 7.36. The molecule has 0 amide bonds. The van der Waals surface area contributed by atoms with Gasteiger partial charge in [0.1, 0.15) is 0 Å². The Morgan fingerprint density at radius 2 is 1.11 bits per heavy atom. The van der Waals surface area contributed by atoms with Gasteiger partial charge in [0.05, 0.1) is 16.5 Å². The van der Waals surface area contributed by atoms with Crippen molar-refractivity contribution in [1.82, 2.24) is 0 Å². The van der Waals surface area contributed by atoms with Gasteiger partial charge in [-0.05, 0) is 12.1 Å². The van der Waals surface area contributed by atoms with Crippen molar-refractivity contribution in [2.75, 3.05) is 5.73 Å². The molecule has 5 heteroatoms. The molecule has 0 fully saturated rings. The van der Waals surface area contributed by atoms with Crippen LogP contribution in [-0.4, -0.2) is 11.0 Å². The normalized spacial score (nSPS) is 9.11. The molecule has 0 aliphatic rings. The highest BCUT2D eigenvalue weighted by Crippen LogP contribution is 2.24. The Balaban J connectivity index is 0.000000963. The molecule has 1 heterocycles. The third-order valence-electron chi connectivity index (χ3n) is 2.70. The Morgan fingerprint density at radius 3 is 1.56 bits per heavy atom. The summed E-state index contributed by atoms with van der Waals surface area (Å²) in [6.45, 7) is 0. The lowest BCUT2D eigenvalue weighted by Gasteiger charge is -2.00. The van der Waals surface area contributed by atoms with E-state index >= 15 is 0 Å². The molecule has 0 saturated heterocycles. The van der Waals surface area contributed by atoms with Crippen LogP contribution in [0.3, 0.4) is 0 Å². The zero-order valence-electron chi connectivity index (χ0n) is 9.57. The number of halogens is 1. The summed E-state index contributed by atoms with van der Waals surface area (Å²) in [6, 6.07) is 16.2. The van der Waals surface area contributed by atoms with Gasteiger partial charge >= 0.3 is 0 Å². The summed E-state index contributed by atoms with van der Waals surface area (Å²) in [5.41, 5.74) is 9.14. The van der Waals surface area contributed by atoms with E-state index in [2.05, 4.69) is 4.98 Å². The molecule has 2 aromatic carbocycles. The molecule has 7 N–H and O–H groups in total. The zero-order valence-corrected chi connectivity index (χ0v) is 10.3. The number of nitrogens with one attached hydrogen (secondary N) is 1. The maximum atomic E-state index is 6.13. The summed E-state index contributed by atoms with van der Waals surface area (Å²) in [4.78, 5) is 3.37. The summed E-state index contributed by atoms with van der Waals surface area (Å²) in [7, 11) is 0. The van der Waals surface area contributed by atoms with Crippen LogP contribution in [-0.2, 0) is 0 Å². The van der Waals surface area contributed by atoms with Crippen molar-refractivity contribution in [3.05, 3.63) is 48.5 Å². The van der Waals surface area contributed by atoms with Crippen molar-refractivity contribution in [3.8, 4) is 0 Å². The molecule has 4 nitrogen and oxygen atoms in total. The maximum Gasteiger partial charge on any atom is 0.213 e. The number of benzene rings is 2. The average molecular weight is 267 g/mol. The lowest BCUT2D eigenvalue weighted by Crippen LogP contribution is -3.00. The Hall–Kier alpha value is -1.88. The molecule has 0 aliphatic carbocycles. The number of rotatable bonds is 0. The number of hydrogen-bond acceptors (Lipinski definition) is 1. The molecule has 0 unspecified atom stereocenters. The smallest absolute Gasteiger partial charge is 0.213 e. The van der Waals surface area contributed by atoms with Crippen molar-refractivity contribution in [3.63, 3.8) is 0 Å². The number of para-hydroxylation sites is 2. The van der Waals surface area contributed by atoms with Crippen LogP contribution < -0.4 is 23.1 Å². The van der Waals surface area contributed by atoms with E-state index in [-0.39, 0.29) is 23.4 Å². The van der Waals surface area contributed by atoms with Gasteiger partial charge in [-0.15, -0.1) is 0 Å². The highest BCUT2D eigenvalue weighted by Gasteiger charge is 2.09. The van der Waals surface area contributed by atoms with Crippen LogP contribution in [0.15, 0.2) is 48.5 Å². The predicted molar refractivity (Wildman–Crippen MR) is 69.6 cm³/mol. The van der Waals surface area contributed by atoms with Crippen LogP contribution >= 0.6 is 0 Å². The lowest BCUT2D eigenvalue weighted by molar-refractivity contribution is -0.310. The van der Waals surface area contributed by atoms with E-state index in [1.807, 2.05) is 48.5 Å². The number of fused-ring (bicyclic) bond motifs is 2. The van der Waals surface area contributed by atoms with Crippen LogP contribution in [0, 0.1) is 0 Å². The van der Waals surface area contributed by atoms with E-state index < -0.39 is 0 Å². The van der Waals surface area contributed by atoms with Gasteiger partial charge in [-0.3, -0.25) is 0 Å². The molecule has 3 rings (SSSR count). The fourth-order valence-electron chi connectivity index (χ4n) is 1.94. The molecule has 3 aromatic rings. The van der Waals surface area contributed by atoms with Gasteiger partial charge in [0, 0.05) is 12.1 Å². The van der Waals surface area contributed by atoms with Gasteiger partial charge in [0.2, 0.25) is 11.0 Å². The van der Waals surface area contributed by atoms with Crippen molar-refractivity contribution in [1.29, 1.82) is 0 Å². The minimum atomic E-state index is 0. The molecule has 0 radical (unpaired) electrons. The van der Waals surface area contributed by atoms with E-state index in [0.29, 0.717) is 0 Å². The van der Waals surface area contributed by atoms with Gasteiger partial charge in [-0.2, -0.15) is 0 Å². The summed E-state index contributed by atoms with van der Waals surface area (Å²) < 4.78 is 0. The second-order valence-electron chi connectivity index (χ2n) is 3.63. The quantitative estimate of drug-likeness (QED) is 0.456. The Morgan fingerprint density at radius 1 is 0.722 bits per heavy atom. The van der Waals surface area contributed by atoms with Gasteiger partial charge in [0.15, 0.2) is 0 Å². The monoisotopic (exact) mass is 266 g/mol. The standard InChI is InChI=1S/C13H10N2.ClH.2H2O/c14-13-9-5-1-3-7-11(9)15-12-8-4-2-6-10(12)13;;;/h1-8H,(H2,14,15);1H;2*1H2. The minimum absolute atomic E-state index is 0. The third-order valence-corrected chi connectivity index (χ3v) is 2.70. The largest absolute Gasteiger partial charge is 1.00 e. The van der Waals surface area contributed by atoms with Crippen LogP contribution in [0.1, 0.15) is 0 Å². The number of aromatic nitrogens is 1. The lowest BCUT2D eigenvalue weighted by atomic mass is 10.1. The van der Waals surface area contributed by atoms with Gasteiger partial charge in [0.25, 0.3) is 0 Å². The molecule has 1 aromatic heterocycles. The van der Waals surface area contributed by atoms with Gasteiger partial charge in [-0.1, -0.05) is 24.3 Å². The predicted octanol–water partition coefficient (Wildman–Crippen LogP) is -2.26. The van der Waals surface area contributed by atoms with E-state index in [0.717, 1.165) is 27.5 Å². The fourth-order valence-corrected chi connectivity index (χ4v) is 1.94. The van der Waals surface area contributed by atoms with Gasteiger partial charge in [-0.25, -0.2) is 4.98 Å². The van der Waals surface area contributed by atoms with Crippen molar-refractivity contribution in [2.45, 2.75) is 0 Å². The summed E-state index contributed by atoms with van der Waals surface area (Å²) in [5, 5.41) is 2.16. The number of nitrogen functional groups attached to an aromatic ring is 1. The van der Waals surface area contributed by atoms with Crippen molar-refractivity contribution < 1.29 is 28.3 Å². The SMILES string of the molecule is Nc1c2ccccc2[nH+]c2ccccc12.O.O.[Cl-]. The molecule has 0 spiro atoms.